The van der Waals surface area contributed by atoms with E-state index in [9.17, 15) is 10.2 Å². The van der Waals surface area contributed by atoms with Crippen LogP contribution in [-0.2, 0) is 0 Å². The van der Waals surface area contributed by atoms with Crippen LogP contribution in [-0.4, -0.2) is 27.7 Å². The van der Waals surface area contributed by atoms with E-state index in [-0.39, 0.29) is 18.1 Å². The first-order valence-electron chi connectivity index (χ1n) is 4.33. The van der Waals surface area contributed by atoms with Crippen molar-refractivity contribution >= 4 is 11.8 Å². The number of phenols is 2. The molecule has 0 spiro atoms. The minimum Gasteiger partial charge on any atom is -0.508 e. The zero-order valence-electron chi connectivity index (χ0n) is 8.24. The van der Waals surface area contributed by atoms with Crippen molar-refractivity contribution in [2.45, 2.75) is 18.7 Å². The molecular formula is C10H14O3S. The Labute approximate surface area is 87.4 Å². The number of hydrogen-bond acceptors (Lipinski definition) is 4. The predicted molar refractivity (Wildman–Crippen MR) is 57.1 cm³/mol. The Balaban J connectivity index is 3.06. The highest BCUT2D eigenvalue weighted by Crippen LogP contribution is 2.37. The SMILES string of the molecule is Cc1c(O)cc(SCCO)c(O)c1C. The molecule has 78 valence electrons. The van der Waals surface area contributed by atoms with Gasteiger partial charge in [-0.15, -0.1) is 11.8 Å². The van der Waals surface area contributed by atoms with Crippen molar-refractivity contribution in [2.24, 2.45) is 0 Å². The Morgan fingerprint density at radius 2 is 1.86 bits per heavy atom. The summed E-state index contributed by atoms with van der Waals surface area (Å²) in [5.74, 6) is 0.884. The Morgan fingerprint density at radius 3 is 2.43 bits per heavy atom. The molecule has 0 saturated heterocycles. The molecule has 0 aliphatic heterocycles. The minimum absolute atomic E-state index is 0.0534. The second-order valence-corrected chi connectivity index (χ2v) is 4.20. The van der Waals surface area contributed by atoms with Crippen molar-refractivity contribution in [3.63, 3.8) is 0 Å². The number of benzene rings is 1. The molecule has 0 aliphatic rings. The second-order valence-electron chi connectivity index (χ2n) is 3.06. The maximum absolute atomic E-state index is 9.72. The van der Waals surface area contributed by atoms with E-state index in [2.05, 4.69) is 0 Å². The van der Waals surface area contributed by atoms with Crippen molar-refractivity contribution in [1.29, 1.82) is 0 Å². The maximum atomic E-state index is 9.72. The van der Waals surface area contributed by atoms with Crippen LogP contribution < -0.4 is 0 Å². The molecule has 1 rings (SSSR count). The summed E-state index contributed by atoms with van der Waals surface area (Å²) in [6, 6.07) is 1.53. The average molecular weight is 214 g/mol. The topological polar surface area (TPSA) is 60.7 Å². The Bertz CT molecular complexity index is 337. The van der Waals surface area contributed by atoms with Crippen molar-refractivity contribution in [3.8, 4) is 11.5 Å². The lowest BCUT2D eigenvalue weighted by Gasteiger charge is -2.10. The molecule has 1 aromatic carbocycles. The molecule has 0 aliphatic carbocycles. The first-order valence-corrected chi connectivity index (χ1v) is 5.32. The highest BCUT2D eigenvalue weighted by Gasteiger charge is 2.11. The number of rotatable bonds is 3. The normalized spacial score (nSPS) is 10.5. The number of aromatic hydroxyl groups is 2. The van der Waals surface area contributed by atoms with Crippen LogP contribution in [0.25, 0.3) is 0 Å². The second kappa shape index (κ2) is 4.57. The van der Waals surface area contributed by atoms with Gasteiger partial charge in [-0.2, -0.15) is 0 Å². The Morgan fingerprint density at radius 1 is 1.21 bits per heavy atom. The van der Waals surface area contributed by atoms with Crippen LogP contribution >= 0.6 is 11.8 Å². The van der Waals surface area contributed by atoms with E-state index in [0.29, 0.717) is 21.8 Å². The highest BCUT2D eigenvalue weighted by atomic mass is 32.2. The van der Waals surface area contributed by atoms with Crippen LogP contribution in [0.1, 0.15) is 11.1 Å². The van der Waals surface area contributed by atoms with E-state index >= 15 is 0 Å². The molecule has 0 unspecified atom stereocenters. The van der Waals surface area contributed by atoms with Crippen molar-refractivity contribution in [1.82, 2.24) is 0 Å². The Kier molecular flexibility index (Phi) is 3.66. The van der Waals surface area contributed by atoms with Gasteiger partial charge < -0.3 is 15.3 Å². The fourth-order valence-electron chi connectivity index (χ4n) is 1.12. The van der Waals surface area contributed by atoms with Gasteiger partial charge in [-0.05, 0) is 31.0 Å². The zero-order valence-corrected chi connectivity index (χ0v) is 9.06. The van der Waals surface area contributed by atoms with Crippen molar-refractivity contribution < 1.29 is 15.3 Å². The summed E-state index contributed by atoms with van der Waals surface area (Å²) in [6.07, 6.45) is 0. The lowest BCUT2D eigenvalue weighted by molar-refractivity contribution is 0.322. The lowest BCUT2D eigenvalue weighted by atomic mass is 10.1. The summed E-state index contributed by atoms with van der Waals surface area (Å²) < 4.78 is 0. The highest BCUT2D eigenvalue weighted by molar-refractivity contribution is 7.99. The average Bonchev–Trinajstić information content (AvgIpc) is 2.18. The number of aliphatic hydroxyl groups excluding tert-OH is 1. The summed E-state index contributed by atoms with van der Waals surface area (Å²) in [7, 11) is 0. The zero-order chi connectivity index (χ0) is 10.7. The smallest absolute Gasteiger partial charge is 0.132 e. The van der Waals surface area contributed by atoms with Gasteiger partial charge in [0.2, 0.25) is 0 Å². The van der Waals surface area contributed by atoms with E-state index in [1.165, 1.54) is 17.8 Å². The van der Waals surface area contributed by atoms with Crippen LogP contribution in [0.15, 0.2) is 11.0 Å². The number of hydrogen-bond donors (Lipinski definition) is 3. The van der Waals surface area contributed by atoms with Gasteiger partial charge in [-0.3, -0.25) is 0 Å². The molecule has 4 heteroatoms. The molecule has 0 heterocycles. The number of thioether (sulfide) groups is 1. The van der Waals surface area contributed by atoms with Gasteiger partial charge in [0, 0.05) is 5.75 Å². The third-order valence-electron chi connectivity index (χ3n) is 2.15. The largest absolute Gasteiger partial charge is 0.508 e. The predicted octanol–water partition coefficient (Wildman–Crippen LogP) is 1.80. The molecule has 0 atom stereocenters. The van der Waals surface area contributed by atoms with E-state index in [1.54, 1.807) is 13.8 Å². The van der Waals surface area contributed by atoms with Crippen molar-refractivity contribution in [2.75, 3.05) is 12.4 Å². The molecule has 3 N–H and O–H groups in total. The summed E-state index contributed by atoms with van der Waals surface area (Å²) in [5.41, 5.74) is 1.38. The summed E-state index contributed by atoms with van der Waals surface area (Å²) >= 11 is 1.32. The van der Waals surface area contributed by atoms with Gasteiger partial charge in [0.15, 0.2) is 0 Å². The van der Waals surface area contributed by atoms with E-state index < -0.39 is 0 Å². The molecule has 0 radical (unpaired) electrons. The first kappa shape index (κ1) is 11.2. The fraction of sp³-hybridized carbons (Fsp3) is 0.400. The summed E-state index contributed by atoms with van der Waals surface area (Å²) in [5, 5.41) is 27.9. The van der Waals surface area contributed by atoms with Gasteiger partial charge in [0.05, 0.1) is 11.5 Å². The molecule has 0 bridgehead atoms. The van der Waals surface area contributed by atoms with Crippen LogP contribution in [0.3, 0.4) is 0 Å². The van der Waals surface area contributed by atoms with Gasteiger partial charge in [0.25, 0.3) is 0 Å². The van der Waals surface area contributed by atoms with Crippen LogP contribution in [0, 0.1) is 13.8 Å². The van der Waals surface area contributed by atoms with Crippen LogP contribution in [0.5, 0.6) is 11.5 Å². The molecule has 3 nitrogen and oxygen atoms in total. The van der Waals surface area contributed by atoms with Gasteiger partial charge in [-0.25, -0.2) is 0 Å². The number of aliphatic hydroxyl groups is 1. The van der Waals surface area contributed by atoms with E-state index in [0.717, 1.165) is 0 Å². The summed E-state index contributed by atoms with van der Waals surface area (Å²) in [4.78, 5) is 0.611. The van der Waals surface area contributed by atoms with Crippen LogP contribution in [0.4, 0.5) is 0 Å². The monoisotopic (exact) mass is 214 g/mol. The van der Waals surface area contributed by atoms with E-state index in [1.807, 2.05) is 0 Å². The molecule has 0 aromatic heterocycles. The third kappa shape index (κ3) is 2.13. The summed E-state index contributed by atoms with van der Waals surface area (Å²) in [6.45, 7) is 3.57. The van der Waals surface area contributed by atoms with Crippen LogP contribution in [0.2, 0.25) is 0 Å². The van der Waals surface area contributed by atoms with Gasteiger partial charge >= 0.3 is 0 Å². The lowest BCUT2D eigenvalue weighted by Crippen LogP contribution is -1.89. The fourth-order valence-corrected chi connectivity index (χ4v) is 1.92. The van der Waals surface area contributed by atoms with Crippen molar-refractivity contribution in [3.05, 3.63) is 17.2 Å². The number of phenolic OH excluding ortho intramolecular Hbond substituents is 2. The maximum Gasteiger partial charge on any atom is 0.132 e. The molecule has 1 aromatic rings. The first-order chi connectivity index (χ1) is 6.57. The molecule has 0 amide bonds. The molecular weight excluding hydrogens is 200 g/mol. The standard InChI is InChI=1S/C10H14O3S/c1-6-7(2)10(13)9(5-8(6)12)14-4-3-11/h5,11-13H,3-4H2,1-2H3. The molecule has 0 saturated carbocycles. The van der Waals surface area contributed by atoms with Gasteiger partial charge in [0.1, 0.15) is 11.5 Å². The molecule has 0 fully saturated rings. The van der Waals surface area contributed by atoms with Gasteiger partial charge in [-0.1, -0.05) is 0 Å². The minimum atomic E-state index is 0.0534. The third-order valence-corrected chi connectivity index (χ3v) is 3.16. The van der Waals surface area contributed by atoms with E-state index in [4.69, 9.17) is 5.11 Å². The molecule has 14 heavy (non-hydrogen) atoms. The Hall–Kier alpha value is -0.870. The quantitative estimate of drug-likeness (QED) is 0.530.